The lowest BCUT2D eigenvalue weighted by Crippen LogP contribution is -2.45. The van der Waals surface area contributed by atoms with Crippen LogP contribution in [0.4, 0.5) is 0 Å². The number of esters is 1. The van der Waals surface area contributed by atoms with E-state index in [4.69, 9.17) is 4.74 Å². The molecular formula is C46H83NO5. The van der Waals surface area contributed by atoms with Crippen molar-refractivity contribution in [2.24, 2.45) is 0 Å². The predicted octanol–water partition coefficient (Wildman–Crippen LogP) is 12.3. The maximum Gasteiger partial charge on any atom is 0.305 e. The fourth-order valence-corrected chi connectivity index (χ4v) is 6.13. The molecule has 0 aliphatic carbocycles. The molecule has 2 atom stereocenters. The second kappa shape index (κ2) is 41.6. The molecule has 0 spiro atoms. The van der Waals surface area contributed by atoms with E-state index in [-0.39, 0.29) is 18.5 Å². The van der Waals surface area contributed by atoms with Crippen LogP contribution in [0.1, 0.15) is 206 Å². The number of hydrogen-bond acceptors (Lipinski definition) is 5. The van der Waals surface area contributed by atoms with Crippen molar-refractivity contribution in [3.05, 3.63) is 48.6 Å². The molecule has 2 unspecified atom stereocenters. The maximum absolute atomic E-state index is 12.3. The Morgan fingerprint density at radius 2 is 0.981 bits per heavy atom. The van der Waals surface area contributed by atoms with Gasteiger partial charge in [-0.15, -0.1) is 0 Å². The lowest BCUT2D eigenvalue weighted by Gasteiger charge is -2.19. The van der Waals surface area contributed by atoms with Crippen LogP contribution in [-0.2, 0) is 14.3 Å². The molecule has 0 rings (SSSR count). The van der Waals surface area contributed by atoms with Crippen molar-refractivity contribution >= 4 is 11.9 Å². The van der Waals surface area contributed by atoms with Crippen molar-refractivity contribution < 1.29 is 24.5 Å². The first-order valence-corrected chi connectivity index (χ1v) is 21.9. The highest BCUT2D eigenvalue weighted by Crippen LogP contribution is 2.12. The first kappa shape index (κ1) is 49.8. The van der Waals surface area contributed by atoms with Crippen molar-refractivity contribution in [2.45, 2.75) is 219 Å². The van der Waals surface area contributed by atoms with Gasteiger partial charge in [-0.3, -0.25) is 9.59 Å². The fourth-order valence-electron chi connectivity index (χ4n) is 6.13. The number of unbranched alkanes of at least 4 members (excludes halogenated alkanes) is 22. The summed E-state index contributed by atoms with van der Waals surface area (Å²) in [6.07, 6.45) is 49.6. The summed E-state index contributed by atoms with van der Waals surface area (Å²) in [5.41, 5.74) is 0. The standard InChI is InChI=1S/C46H83NO5/c1-3-5-7-9-11-13-15-16-17-18-19-20-24-28-32-36-40-46(51)52-41-37-33-29-25-21-23-27-31-35-39-45(50)47-43(42-48)44(49)38-34-30-26-22-14-12-10-8-6-4-2/h13,15,17-18,23,27,34,38,43-44,48-49H,3-12,14,16,19-22,24-26,28-33,35-37,39-42H2,1-2H3,(H,47,50)/b15-13-,18-17-,27-23-,38-34+. The second-order valence-electron chi connectivity index (χ2n) is 14.7. The van der Waals surface area contributed by atoms with Gasteiger partial charge in [0.1, 0.15) is 0 Å². The van der Waals surface area contributed by atoms with E-state index in [1.807, 2.05) is 6.08 Å². The number of aliphatic hydroxyl groups excluding tert-OH is 2. The van der Waals surface area contributed by atoms with E-state index in [0.717, 1.165) is 83.5 Å². The van der Waals surface area contributed by atoms with Crippen LogP contribution in [0, 0.1) is 0 Å². The number of rotatable bonds is 39. The van der Waals surface area contributed by atoms with Crippen LogP contribution in [0.25, 0.3) is 0 Å². The zero-order valence-electron chi connectivity index (χ0n) is 34.0. The van der Waals surface area contributed by atoms with Gasteiger partial charge >= 0.3 is 5.97 Å². The van der Waals surface area contributed by atoms with Crippen LogP contribution >= 0.6 is 0 Å². The van der Waals surface area contributed by atoms with Crippen molar-refractivity contribution in [3.63, 3.8) is 0 Å². The third-order valence-corrected chi connectivity index (χ3v) is 9.56. The van der Waals surface area contributed by atoms with Crippen LogP contribution in [0.3, 0.4) is 0 Å². The summed E-state index contributed by atoms with van der Waals surface area (Å²) in [6.45, 7) is 4.74. The lowest BCUT2D eigenvalue weighted by atomic mass is 10.1. The van der Waals surface area contributed by atoms with Gasteiger partial charge in [-0.2, -0.15) is 0 Å². The van der Waals surface area contributed by atoms with Crippen LogP contribution in [0.2, 0.25) is 0 Å². The van der Waals surface area contributed by atoms with Gasteiger partial charge in [0.15, 0.2) is 0 Å². The molecule has 0 saturated carbocycles. The number of allylic oxidation sites excluding steroid dienone is 7. The van der Waals surface area contributed by atoms with E-state index in [9.17, 15) is 19.8 Å². The minimum Gasteiger partial charge on any atom is -0.466 e. The topological polar surface area (TPSA) is 95.9 Å². The summed E-state index contributed by atoms with van der Waals surface area (Å²) in [4.78, 5) is 24.3. The molecule has 0 saturated heterocycles. The highest BCUT2D eigenvalue weighted by atomic mass is 16.5. The Hall–Kier alpha value is -2.18. The third kappa shape index (κ3) is 37.6. The smallest absolute Gasteiger partial charge is 0.305 e. The Morgan fingerprint density at radius 1 is 0.538 bits per heavy atom. The van der Waals surface area contributed by atoms with Gasteiger partial charge in [0.05, 0.1) is 25.4 Å². The maximum atomic E-state index is 12.3. The van der Waals surface area contributed by atoms with E-state index in [0.29, 0.717) is 19.4 Å². The van der Waals surface area contributed by atoms with Gasteiger partial charge < -0.3 is 20.3 Å². The average Bonchev–Trinajstić information content (AvgIpc) is 3.14. The molecule has 0 aromatic heterocycles. The first-order chi connectivity index (χ1) is 25.5. The van der Waals surface area contributed by atoms with Gasteiger partial charge in [-0.25, -0.2) is 0 Å². The largest absolute Gasteiger partial charge is 0.466 e. The predicted molar refractivity (Wildman–Crippen MR) is 222 cm³/mol. The van der Waals surface area contributed by atoms with Gasteiger partial charge in [0, 0.05) is 12.8 Å². The fraction of sp³-hybridized carbons (Fsp3) is 0.783. The molecule has 0 heterocycles. The van der Waals surface area contributed by atoms with Gasteiger partial charge in [0.2, 0.25) is 5.91 Å². The Morgan fingerprint density at radius 3 is 1.54 bits per heavy atom. The number of amides is 1. The zero-order valence-corrected chi connectivity index (χ0v) is 34.0. The van der Waals surface area contributed by atoms with Crippen LogP contribution in [0.5, 0.6) is 0 Å². The van der Waals surface area contributed by atoms with E-state index in [1.165, 1.54) is 96.3 Å². The van der Waals surface area contributed by atoms with Gasteiger partial charge in [0.25, 0.3) is 0 Å². The minimum absolute atomic E-state index is 0.0535. The van der Waals surface area contributed by atoms with E-state index in [2.05, 4.69) is 55.6 Å². The summed E-state index contributed by atoms with van der Waals surface area (Å²) in [6, 6.07) is -0.665. The summed E-state index contributed by atoms with van der Waals surface area (Å²) >= 11 is 0. The second-order valence-corrected chi connectivity index (χ2v) is 14.7. The van der Waals surface area contributed by atoms with E-state index < -0.39 is 12.1 Å². The van der Waals surface area contributed by atoms with Crippen molar-refractivity contribution in [2.75, 3.05) is 13.2 Å². The molecule has 0 bridgehead atoms. The van der Waals surface area contributed by atoms with Crippen molar-refractivity contribution in [1.29, 1.82) is 0 Å². The monoisotopic (exact) mass is 730 g/mol. The molecule has 6 heteroatoms. The molecule has 0 fully saturated rings. The lowest BCUT2D eigenvalue weighted by molar-refractivity contribution is -0.143. The molecule has 0 aromatic rings. The minimum atomic E-state index is -0.875. The Balaban J connectivity index is 3.60. The summed E-state index contributed by atoms with van der Waals surface area (Å²) < 4.78 is 5.42. The quantitative estimate of drug-likeness (QED) is 0.0332. The molecule has 0 aliphatic heterocycles. The number of carbonyl (C=O) groups is 2. The van der Waals surface area contributed by atoms with Crippen molar-refractivity contribution in [3.8, 4) is 0 Å². The molecular weight excluding hydrogens is 647 g/mol. The normalized spacial score (nSPS) is 13.2. The Kier molecular flexibility index (Phi) is 39.8. The Bertz CT molecular complexity index is 895. The van der Waals surface area contributed by atoms with Crippen LogP contribution in [-0.4, -0.2) is 47.4 Å². The molecule has 1 amide bonds. The van der Waals surface area contributed by atoms with E-state index in [1.54, 1.807) is 6.08 Å². The third-order valence-electron chi connectivity index (χ3n) is 9.56. The highest BCUT2D eigenvalue weighted by molar-refractivity contribution is 5.76. The molecule has 52 heavy (non-hydrogen) atoms. The van der Waals surface area contributed by atoms with Crippen molar-refractivity contribution in [1.82, 2.24) is 5.32 Å². The first-order valence-electron chi connectivity index (χ1n) is 21.9. The number of hydrogen-bond donors (Lipinski definition) is 3. The molecule has 0 radical (unpaired) electrons. The number of aliphatic hydroxyl groups is 2. The van der Waals surface area contributed by atoms with Gasteiger partial charge in [-0.1, -0.05) is 159 Å². The number of carbonyl (C=O) groups excluding carboxylic acids is 2. The van der Waals surface area contributed by atoms with Gasteiger partial charge in [-0.05, 0) is 83.5 Å². The molecule has 6 nitrogen and oxygen atoms in total. The summed E-state index contributed by atoms with van der Waals surface area (Å²) in [5, 5.41) is 22.8. The summed E-state index contributed by atoms with van der Waals surface area (Å²) in [5.74, 6) is -0.188. The van der Waals surface area contributed by atoms with Crippen LogP contribution in [0.15, 0.2) is 48.6 Å². The molecule has 0 aliphatic rings. The summed E-state index contributed by atoms with van der Waals surface area (Å²) in [7, 11) is 0. The molecule has 302 valence electrons. The van der Waals surface area contributed by atoms with E-state index >= 15 is 0 Å². The van der Waals surface area contributed by atoms with Crippen LogP contribution < -0.4 is 5.32 Å². The highest BCUT2D eigenvalue weighted by Gasteiger charge is 2.17. The SMILES string of the molecule is CCCCCC/C=C\C/C=C\CCCCCCCC(=O)OCCCCCC/C=C\CCCC(=O)NC(CO)C(O)/C=C/CCCCCCCCCC. The number of nitrogens with one attached hydrogen (secondary N) is 1. The Labute approximate surface area is 321 Å². The zero-order chi connectivity index (χ0) is 38.0. The average molecular weight is 730 g/mol. The number of ether oxygens (including phenoxy) is 1. The molecule has 0 aromatic carbocycles. The molecule has 3 N–H and O–H groups in total.